The van der Waals surface area contributed by atoms with Gasteiger partial charge in [-0.05, 0) is 30.7 Å². The Labute approximate surface area is 126 Å². The molecule has 2 rings (SSSR count). The number of aryl methyl sites for hydroxylation is 1. The number of halogens is 1. The lowest BCUT2D eigenvalue weighted by molar-refractivity contribution is -0.149. The second-order valence-corrected chi connectivity index (χ2v) is 5.42. The fourth-order valence-electron chi connectivity index (χ4n) is 2.32. The Morgan fingerprint density at radius 1 is 1.48 bits per heavy atom. The van der Waals surface area contributed by atoms with Crippen LogP contribution in [0.5, 0.6) is 5.75 Å². The number of aliphatic hydroxyl groups excluding tert-OH is 1. The number of nitrogens with zero attached hydrogens (tertiary/aromatic N) is 1. The highest BCUT2D eigenvalue weighted by Gasteiger charge is 2.38. The molecule has 1 amide bonds. The standard InChI is InChI=1S/C14H16ClNO5/c1-8-4-9(15)2-3-12(8)21-7-13(18)16-6-10(17)5-11(16)14(19)20/h2-4,10-11,17H,5-7H2,1H3,(H,19,20)/t10-,11+/m1/s1. The van der Waals surface area contributed by atoms with E-state index in [9.17, 15) is 14.7 Å². The van der Waals surface area contributed by atoms with Crippen LogP contribution in [0, 0.1) is 6.92 Å². The van der Waals surface area contributed by atoms with Gasteiger partial charge in [-0.1, -0.05) is 11.6 Å². The minimum absolute atomic E-state index is 0.0127. The lowest BCUT2D eigenvalue weighted by Gasteiger charge is -2.21. The van der Waals surface area contributed by atoms with E-state index in [2.05, 4.69) is 0 Å². The van der Waals surface area contributed by atoms with Gasteiger partial charge in [-0.25, -0.2) is 4.79 Å². The van der Waals surface area contributed by atoms with Crippen molar-refractivity contribution in [1.29, 1.82) is 0 Å². The van der Waals surface area contributed by atoms with Crippen molar-refractivity contribution >= 4 is 23.5 Å². The highest BCUT2D eigenvalue weighted by Crippen LogP contribution is 2.23. The van der Waals surface area contributed by atoms with E-state index in [1.54, 1.807) is 25.1 Å². The number of ether oxygens (including phenoxy) is 1. The van der Waals surface area contributed by atoms with Crippen LogP contribution in [-0.4, -0.2) is 52.3 Å². The van der Waals surface area contributed by atoms with Crippen LogP contribution in [0.15, 0.2) is 18.2 Å². The fraction of sp³-hybridized carbons (Fsp3) is 0.429. The maximum atomic E-state index is 12.1. The van der Waals surface area contributed by atoms with Crippen molar-refractivity contribution in [1.82, 2.24) is 4.90 Å². The zero-order valence-corrected chi connectivity index (χ0v) is 12.2. The zero-order chi connectivity index (χ0) is 15.6. The largest absolute Gasteiger partial charge is 0.483 e. The van der Waals surface area contributed by atoms with Gasteiger partial charge in [0.1, 0.15) is 11.8 Å². The predicted octanol–water partition coefficient (Wildman–Crippen LogP) is 1.07. The molecule has 1 fully saturated rings. The Morgan fingerprint density at radius 3 is 2.81 bits per heavy atom. The lowest BCUT2D eigenvalue weighted by Crippen LogP contribution is -2.43. The van der Waals surface area contributed by atoms with Crippen LogP contribution in [0.1, 0.15) is 12.0 Å². The van der Waals surface area contributed by atoms with Gasteiger partial charge in [-0.2, -0.15) is 0 Å². The van der Waals surface area contributed by atoms with Gasteiger partial charge in [0.2, 0.25) is 0 Å². The first kappa shape index (κ1) is 15.6. The smallest absolute Gasteiger partial charge is 0.326 e. The van der Waals surface area contributed by atoms with Crippen LogP contribution in [0.3, 0.4) is 0 Å². The number of likely N-dealkylation sites (tertiary alicyclic amines) is 1. The summed E-state index contributed by atoms with van der Waals surface area (Å²) < 4.78 is 5.40. The lowest BCUT2D eigenvalue weighted by atomic mass is 10.2. The van der Waals surface area contributed by atoms with E-state index < -0.39 is 24.0 Å². The third-order valence-electron chi connectivity index (χ3n) is 3.37. The Morgan fingerprint density at radius 2 is 2.19 bits per heavy atom. The van der Waals surface area contributed by atoms with Gasteiger partial charge in [-0.15, -0.1) is 0 Å². The van der Waals surface area contributed by atoms with Gasteiger partial charge in [-0.3, -0.25) is 4.79 Å². The molecule has 1 aliphatic heterocycles. The normalized spacial score (nSPS) is 21.4. The second-order valence-electron chi connectivity index (χ2n) is 4.99. The molecular formula is C14H16ClNO5. The molecule has 1 saturated heterocycles. The van der Waals surface area contributed by atoms with Crippen molar-refractivity contribution in [3.63, 3.8) is 0 Å². The van der Waals surface area contributed by atoms with E-state index in [1.165, 1.54) is 0 Å². The number of hydrogen-bond donors (Lipinski definition) is 2. The summed E-state index contributed by atoms with van der Waals surface area (Å²) in [6, 6.07) is 4.01. The van der Waals surface area contributed by atoms with E-state index in [4.69, 9.17) is 21.4 Å². The molecule has 2 atom stereocenters. The predicted molar refractivity (Wildman–Crippen MR) is 75.4 cm³/mol. The first-order valence-corrected chi connectivity index (χ1v) is 6.85. The van der Waals surface area contributed by atoms with Crippen LogP contribution >= 0.6 is 11.6 Å². The molecule has 1 aromatic rings. The Kier molecular flexibility index (Phi) is 4.69. The van der Waals surface area contributed by atoms with Crippen LogP contribution < -0.4 is 4.74 Å². The molecule has 0 saturated carbocycles. The molecule has 0 spiro atoms. The van der Waals surface area contributed by atoms with Gasteiger partial charge in [0.15, 0.2) is 6.61 Å². The summed E-state index contributed by atoms with van der Waals surface area (Å²) in [7, 11) is 0. The van der Waals surface area contributed by atoms with Crippen LogP contribution in [0.4, 0.5) is 0 Å². The van der Waals surface area contributed by atoms with Gasteiger partial charge >= 0.3 is 5.97 Å². The molecule has 1 aliphatic rings. The molecular weight excluding hydrogens is 298 g/mol. The van der Waals surface area contributed by atoms with Gasteiger partial charge < -0.3 is 19.8 Å². The molecule has 0 aliphatic carbocycles. The van der Waals surface area contributed by atoms with Crippen molar-refractivity contribution in [2.24, 2.45) is 0 Å². The highest BCUT2D eigenvalue weighted by molar-refractivity contribution is 6.30. The van der Waals surface area contributed by atoms with E-state index >= 15 is 0 Å². The first-order chi connectivity index (χ1) is 9.88. The number of aliphatic carboxylic acids is 1. The van der Waals surface area contributed by atoms with Crippen LogP contribution in [-0.2, 0) is 9.59 Å². The van der Waals surface area contributed by atoms with Crippen molar-refractivity contribution in [2.45, 2.75) is 25.5 Å². The minimum atomic E-state index is -1.12. The zero-order valence-electron chi connectivity index (χ0n) is 11.5. The molecule has 7 heteroatoms. The van der Waals surface area contributed by atoms with Crippen molar-refractivity contribution in [2.75, 3.05) is 13.2 Å². The average Bonchev–Trinajstić information content (AvgIpc) is 2.80. The first-order valence-electron chi connectivity index (χ1n) is 6.47. The molecule has 6 nitrogen and oxygen atoms in total. The molecule has 0 radical (unpaired) electrons. The van der Waals surface area contributed by atoms with E-state index in [0.717, 1.165) is 10.5 Å². The summed E-state index contributed by atoms with van der Waals surface area (Å²) >= 11 is 5.83. The van der Waals surface area contributed by atoms with E-state index in [-0.39, 0.29) is 19.6 Å². The topological polar surface area (TPSA) is 87.1 Å². The van der Waals surface area contributed by atoms with Crippen molar-refractivity contribution in [3.8, 4) is 5.75 Å². The number of β-amino-alcohol motifs (C(OH)–C–C–N with tert-alkyl or cyclic N) is 1. The molecule has 114 valence electrons. The number of carboxylic acids is 1. The van der Waals surface area contributed by atoms with Gasteiger partial charge in [0.05, 0.1) is 6.10 Å². The number of hydrogen-bond acceptors (Lipinski definition) is 4. The van der Waals surface area contributed by atoms with Crippen LogP contribution in [0.25, 0.3) is 0 Å². The molecule has 0 unspecified atom stereocenters. The molecule has 0 bridgehead atoms. The molecule has 0 aromatic heterocycles. The van der Waals surface area contributed by atoms with E-state index in [1.807, 2.05) is 0 Å². The maximum Gasteiger partial charge on any atom is 0.326 e. The number of amides is 1. The number of benzene rings is 1. The van der Waals surface area contributed by atoms with E-state index in [0.29, 0.717) is 10.8 Å². The SMILES string of the molecule is Cc1cc(Cl)ccc1OCC(=O)N1C[C@H](O)C[C@H]1C(=O)O. The summed E-state index contributed by atoms with van der Waals surface area (Å²) in [5, 5.41) is 19.1. The minimum Gasteiger partial charge on any atom is -0.483 e. The van der Waals surface area contributed by atoms with Gasteiger partial charge in [0.25, 0.3) is 5.91 Å². The van der Waals surface area contributed by atoms with Crippen molar-refractivity contribution < 1.29 is 24.5 Å². The average molecular weight is 314 g/mol. The Bertz CT molecular complexity index is 562. The number of carbonyl (C=O) groups is 2. The Hall–Kier alpha value is -1.79. The molecule has 21 heavy (non-hydrogen) atoms. The summed E-state index contributed by atoms with van der Waals surface area (Å²) in [6.07, 6.45) is -0.770. The molecule has 1 heterocycles. The van der Waals surface area contributed by atoms with Gasteiger partial charge in [0, 0.05) is 18.0 Å². The Balaban J connectivity index is 1.99. The molecule has 1 aromatic carbocycles. The number of rotatable bonds is 4. The highest BCUT2D eigenvalue weighted by atomic mass is 35.5. The second kappa shape index (κ2) is 6.32. The third kappa shape index (κ3) is 3.65. The fourth-order valence-corrected chi connectivity index (χ4v) is 2.55. The monoisotopic (exact) mass is 313 g/mol. The third-order valence-corrected chi connectivity index (χ3v) is 3.61. The summed E-state index contributed by atoms with van der Waals surface area (Å²) in [5.74, 6) is -1.07. The summed E-state index contributed by atoms with van der Waals surface area (Å²) in [5.41, 5.74) is 0.784. The van der Waals surface area contributed by atoms with Crippen molar-refractivity contribution in [3.05, 3.63) is 28.8 Å². The maximum absolute atomic E-state index is 12.1. The quantitative estimate of drug-likeness (QED) is 0.868. The number of carbonyl (C=O) groups excluding carboxylic acids is 1. The molecule has 2 N–H and O–H groups in total. The summed E-state index contributed by atoms with van der Waals surface area (Å²) in [4.78, 5) is 24.3. The van der Waals surface area contributed by atoms with Crippen LogP contribution in [0.2, 0.25) is 5.02 Å². The number of aliphatic hydroxyl groups is 1. The summed E-state index contributed by atoms with van der Waals surface area (Å²) in [6.45, 7) is 1.53. The number of carboxylic acid groups (broad SMARTS) is 1.